The maximum atomic E-state index is 11.7. The molecule has 0 aliphatic heterocycles. The molecular formula is C17H22N2O4S2. The molecule has 0 bridgehead atoms. The van der Waals surface area contributed by atoms with Gasteiger partial charge < -0.3 is 5.32 Å². The Hall–Kier alpha value is -1.93. The molecule has 0 amide bonds. The number of anilines is 1. The molecule has 25 heavy (non-hydrogen) atoms. The van der Waals surface area contributed by atoms with Gasteiger partial charge in [0.15, 0.2) is 14.8 Å². The van der Waals surface area contributed by atoms with Gasteiger partial charge in [0.1, 0.15) is 4.21 Å². The molecule has 0 saturated heterocycles. The zero-order valence-electron chi connectivity index (χ0n) is 14.6. The lowest BCUT2D eigenvalue weighted by Crippen LogP contribution is -2.07. The number of rotatable bonds is 7. The van der Waals surface area contributed by atoms with Crippen molar-refractivity contribution in [3.8, 4) is 0 Å². The minimum Gasteiger partial charge on any atom is -0.365 e. The predicted molar refractivity (Wildman–Crippen MR) is 101 cm³/mol. The minimum atomic E-state index is -3.48. The van der Waals surface area contributed by atoms with Crippen molar-refractivity contribution in [1.82, 2.24) is 0 Å². The topological polar surface area (TPSA) is 89.3 Å². The van der Waals surface area contributed by atoms with E-state index < -0.39 is 14.8 Å². The Labute approximate surface area is 152 Å². The van der Waals surface area contributed by atoms with E-state index in [1.807, 2.05) is 19.1 Å². The van der Waals surface area contributed by atoms with Crippen molar-refractivity contribution < 1.29 is 13.3 Å². The number of hydrogen-bond acceptors (Lipinski definition) is 6. The molecule has 6 nitrogen and oxygen atoms in total. The molecule has 2 aromatic rings. The summed E-state index contributed by atoms with van der Waals surface area (Å²) < 4.78 is 23.3. The van der Waals surface area contributed by atoms with E-state index in [9.17, 15) is 18.5 Å². The third kappa shape index (κ3) is 5.02. The molecule has 1 unspecified atom stereocenters. The molecule has 1 aromatic carbocycles. The summed E-state index contributed by atoms with van der Waals surface area (Å²) in [5.74, 6) is 0.574. The van der Waals surface area contributed by atoms with E-state index >= 15 is 0 Å². The Bertz CT molecular complexity index is 855. The number of nitrogens with zero attached hydrogens (tertiary/aromatic N) is 1. The first-order valence-corrected chi connectivity index (χ1v) is 10.6. The van der Waals surface area contributed by atoms with Gasteiger partial charge in [0, 0.05) is 18.4 Å². The Morgan fingerprint density at radius 3 is 2.28 bits per heavy atom. The van der Waals surface area contributed by atoms with Gasteiger partial charge in [-0.3, -0.25) is 10.1 Å². The average Bonchev–Trinajstić information content (AvgIpc) is 2.91. The van der Waals surface area contributed by atoms with Gasteiger partial charge in [-0.05, 0) is 30.4 Å². The van der Waals surface area contributed by atoms with Gasteiger partial charge in [-0.15, -0.1) is 0 Å². The summed E-state index contributed by atoms with van der Waals surface area (Å²) in [5.41, 5.74) is 2.01. The highest BCUT2D eigenvalue weighted by atomic mass is 32.2. The van der Waals surface area contributed by atoms with Crippen molar-refractivity contribution in [2.75, 3.05) is 11.6 Å². The zero-order chi connectivity index (χ0) is 18.8. The van der Waals surface area contributed by atoms with E-state index in [0.717, 1.165) is 35.6 Å². The summed E-state index contributed by atoms with van der Waals surface area (Å²) in [5, 5.41) is 14.5. The number of benzene rings is 1. The Kier molecular flexibility index (Phi) is 5.84. The highest BCUT2D eigenvalue weighted by molar-refractivity contribution is 7.92. The van der Waals surface area contributed by atoms with Crippen LogP contribution in [0.3, 0.4) is 0 Å². The second kappa shape index (κ2) is 7.53. The van der Waals surface area contributed by atoms with Crippen LogP contribution in [0.2, 0.25) is 0 Å². The van der Waals surface area contributed by atoms with Crippen LogP contribution in [0.15, 0.2) is 34.5 Å². The number of nitrogens with one attached hydrogen (secondary N) is 1. The predicted octanol–water partition coefficient (Wildman–Crippen LogP) is 4.43. The molecule has 0 aliphatic carbocycles. The van der Waals surface area contributed by atoms with Crippen LogP contribution in [-0.4, -0.2) is 19.6 Å². The van der Waals surface area contributed by atoms with Crippen LogP contribution in [0.5, 0.6) is 0 Å². The third-order valence-electron chi connectivity index (χ3n) is 3.72. The van der Waals surface area contributed by atoms with Crippen LogP contribution >= 0.6 is 11.3 Å². The Morgan fingerprint density at radius 1 is 1.20 bits per heavy atom. The molecule has 8 heteroatoms. The highest BCUT2D eigenvalue weighted by Gasteiger charge is 2.24. The van der Waals surface area contributed by atoms with Gasteiger partial charge in [0.05, 0.1) is 4.92 Å². The van der Waals surface area contributed by atoms with Crippen LogP contribution < -0.4 is 5.32 Å². The minimum absolute atomic E-state index is 0.0128. The highest BCUT2D eigenvalue weighted by Crippen LogP contribution is 2.38. The summed E-state index contributed by atoms with van der Waals surface area (Å²) in [6.07, 6.45) is 2.04. The van der Waals surface area contributed by atoms with Crippen molar-refractivity contribution >= 4 is 31.9 Å². The monoisotopic (exact) mass is 382 g/mol. The summed E-state index contributed by atoms with van der Waals surface area (Å²) in [7, 11) is -3.48. The summed E-state index contributed by atoms with van der Waals surface area (Å²) in [4.78, 5) is 10.6. The molecule has 0 radical (unpaired) electrons. The van der Waals surface area contributed by atoms with Gasteiger partial charge in [-0.2, -0.15) is 0 Å². The first-order valence-electron chi connectivity index (χ1n) is 7.91. The summed E-state index contributed by atoms with van der Waals surface area (Å²) in [6.45, 7) is 6.21. The maximum absolute atomic E-state index is 11.7. The Balaban J connectivity index is 2.23. The van der Waals surface area contributed by atoms with Crippen LogP contribution in [0.25, 0.3) is 0 Å². The Morgan fingerprint density at radius 2 is 1.80 bits per heavy atom. The van der Waals surface area contributed by atoms with E-state index in [4.69, 9.17) is 0 Å². The summed E-state index contributed by atoms with van der Waals surface area (Å²) in [6, 6.07) is 9.02. The van der Waals surface area contributed by atoms with Gasteiger partial charge in [-0.25, -0.2) is 8.42 Å². The first kappa shape index (κ1) is 19.4. The van der Waals surface area contributed by atoms with Gasteiger partial charge in [0.25, 0.3) is 0 Å². The second-order valence-electron chi connectivity index (χ2n) is 6.51. The molecule has 1 atom stereocenters. The van der Waals surface area contributed by atoms with Gasteiger partial charge in [-0.1, -0.05) is 49.4 Å². The van der Waals surface area contributed by atoms with Crippen molar-refractivity contribution in [1.29, 1.82) is 0 Å². The second-order valence-corrected chi connectivity index (χ2v) is 9.81. The quantitative estimate of drug-likeness (QED) is 0.565. The lowest BCUT2D eigenvalue weighted by Gasteiger charge is -2.15. The summed E-state index contributed by atoms with van der Waals surface area (Å²) >= 11 is 0.889. The molecule has 1 aromatic heterocycles. The van der Waals surface area contributed by atoms with E-state index in [1.165, 1.54) is 5.56 Å². The van der Waals surface area contributed by atoms with Crippen LogP contribution in [0.1, 0.15) is 37.9 Å². The number of thiophene rings is 1. The molecule has 1 N–H and O–H groups in total. The maximum Gasteiger partial charge on any atom is 0.304 e. The molecule has 0 saturated carbocycles. The van der Waals surface area contributed by atoms with E-state index in [0.29, 0.717) is 5.92 Å². The van der Waals surface area contributed by atoms with Gasteiger partial charge >= 0.3 is 5.69 Å². The SMILES string of the molecule is CC(C)Cc1ccc(C(C)Nc2sc(S(C)(=O)=O)cc2[N+](=O)[O-])cc1. The average molecular weight is 383 g/mol. The molecule has 1 heterocycles. The molecule has 2 rings (SSSR count). The normalized spacial score (nSPS) is 13.0. The lowest BCUT2D eigenvalue weighted by molar-refractivity contribution is -0.383. The smallest absolute Gasteiger partial charge is 0.304 e. The lowest BCUT2D eigenvalue weighted by atomic mass is 10.00. The van der Waals surface area contributed by atoms with Crippen LogP contribution in [-0.2, 0) is 16.3 Å². The van der Waals surface area contributed by atoms with Crippen molar-refractivity contribution in [2.45, 2.75) is 37.4 Å². The van der Waals surface area contributed by atoms with Crippen molar-refractivity contribution in [2.24, 2.45) is 5.92 Å². The van der Waals surface area contributed by atoms with Crippen LogP contribution in [0.4, 0.5) is 10.7 Å². The fourth-order valence-electron chi connectivity index (χ4n) is 2.48. The molecule has 0 fully saturated rings. The van der Waals surface area contributed by atoms with E-state index in [-0.39, 0.29) is 20.9 Å². The molecular weight excluding hydrogens is 360 g/mol. The van der Waals surface area contributed by atoms with E-state index in [2.05, 4.69) is 31.3 Å². The van der Waals surface area contributed by atoms with Crippen molar-refractivity contribution in [3.05, 3.63) is 51.6 Å². The fourth-order valence-corrected chi connectivity index (χ4v) is 4.50. The zero-order valence-corrected chi connectivity index (χ0v) is 16.3. The standard InChI is InChI=1S/C17H22N2O4S2/c1-11(2)9-13-5-7-14(8-6-13)12(3)18-17-15(19(20)21)10-16(24-17)25(4,22)23/h5-8,10-12,18H,9H2,1-4H3. The number of sulfone groups is 1. The molecule has 136 valence electrons. The van der Waals surface area contributed by atoms with E-state index in [1.54, 1.807) is 0 Å². The van der Waals surface area contributed by atoms with Crippen LogP contribution in [0, 0.1) is 16.0 Å². The largest absolute Gasteiger partial charge is 0.365 e. The molecule has 0 spiro atoms. The molecule has 0 aliphatic rings. The number of hydrogen-bond donors (Lipinski definition) is 1. The fraction of sp³-hybridized carbons (Fsp3) is 0.412. The number of nitro groups is 1. The van der Waals surface area contributed by atoms with Crippen molar-refractivity contribution in [3.63, 3.8) is 0 Å². The van der Waals surface area contributed by atoms with Gasteiger partial charge in [0.2, 0.25) is 0 Å². The third-order valence-corrected chi connectivity index (χ3v) is 6.58. The first-order chi connectivity index (χ1) is 11.6.